The molecule has 0 saturated heterocycles. The van der Waals surface area contributed by atoms with Crippen molar-refractivity contribution in [3.8, 4) is 0 Å². The van der Waals surface area contributed by atoms with Gasteiger partial charge in [0.25, 0.3) is 0 Å². The van der Waals surface area contributed by atoms with Crippen LogP contribution in [0.2, 0.25) is 10.0 Å². The maximum atomic E-state index is 12.6. The molecule has 0 heterocycles. The molecule has 0 bridgehead atoms. The number of ketones is 2. The monoisotopic (exact) mass is 364 g/mol. The quantitative estimate of drug-likeness (QED) is 0.722. The van der Waals surface area contributed by atoms with Crippen LogP contribution in [0.1, 0.15) is 52.6 Å². The highest BCUT2D eigenvalue weighted by atomic mass is 35.5. The summed E-state index contributed by atoms with van der Waals surface area (Å²) < 4.78 is 0. The Morgan fingerprint density at radius 1 is 0.750 bits per heavy atom. The zero-order valence-corrected chi connectivity index (χ0v) is 13.1. The van der Waals surface area contributed by atoms with Crippen LogP contribution in [0.3, 0.4) is 0 Å². The molecular weight excluding hydrogens is 359 g/mol. The Labute approximate surface area is 144 Å². The van der Waals surface area contributed by atoms with Gasteiger partial charge in [0.05, 0.1) is 32.3 Å². The molecule has 0 saturated carbocycles. The van der Waals surface area contributed by atoms with Gasteiger partial charge in [-0.05, 0) is 0 Å². The second-order valence-corrected chi connectivity index (χ2v) is 5.70. The topological polar surface area (TPSA) is 109 Å². The van der Waals surface area contributed by atoms with Crippen LogP contribution < -0.4 is 0 Å². The number of aromatic carboxylic acids is 2. The minimum atomic E-state index is -1.67. The lowest BCUT2D eigenvalue weighted by Crippen LogP contribution is -2.25. The van der Waals surface area contributed by atoms with Crippen LogP contribution >= 0.6 is 23.2 Å². The standard InChI is InChI=1S/C16H6Cl2O6/c17-11-7-8(12(18)10(16(23)24)9(11)15(21)22)14(20)6-4-2-1-3-5(6)13(7)19/h1-4H,(H,21,22)(H,23,24). The lowest BCUT2D eigenvalue weighted by atomic mass is 9.82. The van der Waals surface area contributed by atoms with Gasteiger partial charge in [-0.1, -0.05) is 47.5 Å². The lowest BCUT2D eigenvalue weighted by Gasteiger charge is -2.22. The molecule has 0 amide bonds. The highest BCUT2D eigenvalue weighted by molar-refractivity contribution is 6.47. The Kier molecular flexibility index (Phi) is 3.66. The lowest BCUT2D eigenvalue weighted by molar-refractivity contribution is 0.0651. The fraction of sp³-hybridized carbons (Fsp3) is 0. The van der Waals surface area contributed by atoms with Gasteiger partial charge in [-0.3, -0.25) is 9.59 Å². The summed E-state index contributed by atoms with van der Waals surface area (Å²) in [5, 5.41) is 17.3. The Morgan fingerprint density at radius 3 is 1.38 bits per heavy atom. The fourth-order valence-corrected chi connectivity index (χ4v) is 3.38. The third-order valence-electron chi connectivity index (χ3n) is 3.68. The average Bonchev–Trinajstić information content (AvgIpc) is 2.53. The van der Waals surface area contributed by atoms with Crippen LogP contribution in [0, 0.1) is 0 Å². The SMILES string of the molecule is O=C(O)c1c(Cl)c2c(c(Cl)c1C(=O)O)C(=O)c1ccccc1C2=O. The van der Waals surface area contributed by atoms with Crippen LogP contribution in [0.15, 0.2) is 24.3 Å². The molecule has 8 heteroatoms. The first-order valence-electron chi connectivity index (χ1n) is 6.47. The molecule has 0 aliphatic heterocycles. The number of carbonyl (C=O) groups is 4. The van der Waals surface area contributed by atoms with Crippen LogP contribution in [0.5, 0.6) is 0 Å². The van der Waals surface area contributed by atoms with E-state index in [1.165, 1.54) is 24.3 Å². The number of benzene rings is 2. The number of carboxylic acid groups (broad SMARTS) is 2. The van der Waals surface area contributed by atoms with E-state index in [9.17, 15) is 29.4 Å². The summed E-state index contributed by atoms with van der Waals surface area (Å²) in [6.07, 6.45) is 0. The third-order valence-corrected chi connectivity index (χ3v) is 4.43. The van der Waals surface area contributed by atoms with Gasteiger partial charge in [-0.15, -0.1) is 0 Å². The Morgan fingerprint density at radius 2 is 1.08 bits per heavy atom. The van der Waals surface area contributed by atoms with Crippen LogP contribution in [0.4, 0.5) is 0 Å². The van der Waals surface area contributed by atoms with Crippen molar-refractivity contribution in [3.63, 3.8) is 0 Å². The predicted octanol–water partition coefficient (Wildman–Crippen LogP) is 3.17. The minimum Gasteiger partial charge on any atom is -0.478 e. The van der Waals surface area contributed by atoms with Crippen molar-refractivity contribution < 1.29 is 29.4 Å². The van der Waals surface area contributed by atoms with Gasteiger partial charge in [-0.2, -0.15) is 0 Å². The molecular formula is C16H6Cl2O6. The van der Waals surface area contributed by atoms with Crippen LogP contribution in [-0.4, -0.2) is 33.7 Å². The fourth-order valence-electron chi connectivity index (χ4n) is 2.67. The second-order valence-electron chi connectivity index (χ2n) is 4.94. The van der Waals surface area contributed by atoms with Gasteiger partial charge in [0.15, 0.2) is 11.6 Å². The number of rotatable bonds is 2. The number of fused-ring (bicyclic) bond motifs is 2. The summed E-state index contributed by atoms with van der Waals surface area (Å²) in [4.78, 5) is 48.1. The summed E-state index contributed by atoms with van der Waals surface area (Å²) >= 11 is 12.0. The highest BCUT2D eigenvalue weighted by Gasteiger charge is 2.39. The number of carbonyl (C=O) groups excluding carboxylic acids is 2. The van der Waals surface area contributed by atoms with E-state index in [0.29, 0.717) is 0 Å². The molecule has 3 rings (SSSR count). The largest absolute Gasteiger partial charge is 0.478 e. The first-order chi connectivity index (χ1) is 11.3. The van der Waals surface area contributed by atoms with Crippen molar-refractivity contribution in [2.75, 3.05) is 0 Å². The first-order valence-corrected chi connectivity index (χ1v) is 7.22. The van der Waals surface area contributed by atoms with E-state index in [1.807, 2.05) is 0 Å². The summed E-state index contributed by atoms with van der Waals surface area (Å²) in [5.41, 5.74) is -2.35. The van der Waals surface area contributed by atoms with Crippen LogP contribution in [-0.2, 0) is 0 Å². The highest BCUT2D eigenvalue weighted by Crippen LogP contribution is 2.40. The Balaban J connectivity index is 2.50. The number of carboxylic acids is 2. The van der Waals surface area contributed by atoms with E-state index in [2.05, 4.69) is 0 Å². The molecule has 2 aromatic carbocycles. The summed E-state index contributed by atoms with van der Waals surface area (Å²) in [6.45, 7) is 0. The van der Waals surface area contributed by atoms with Gasteiger partial charge >= 0.3 is 11.9 Å². The second kappa shape index (κ2) is 5.43. The molecule has 0 aromatic heterocycles. The van der Waals surface area contributed by atoms with Crippen LogP contribution in [0.25, 0.3) is 0 Å². The van der Waals surface area contributed by atoms with E-state index in [0.717, 1.165) is 0 Å². The average molecular weight is 365 g/mol. The molecule has 120 valence electrons. The van der Waals surface area contributed by atoms with Gasteiger partial charge < -0.3 is 10.2 Å². The van der Waals surface area contributed by atoms with Gasteiger partial charge in [-0.25, -0.2) is 9.59 Å². The molecule has 1 aliphatic carbocycles. The molecule has 0 unspecified atom stereocenters. The summed E-state index contributed by atoms with van der Waals surface area (Å²) in [6, 6.07) is 5.87. The normalized spacial score (nSPS) is 12.6. The van der Waals surface area contributed by atoms with Crippen molar-refractivity contribution >= 4 is 46.7 Å². The van der Waals surface area contributed by atoms with Crippen molar-refractivity contribution in [2.45, 2.75) is 0 Å². The van der Waals surface area contributed by atoms with E-state index >= 15 is 0 Å². The Bertz CT molecular complexity index is 899. The summed E-state index contributed by atoms with van der Waals surface area (Å²) in [5.74, 6) is -4.71. The van der Waals surface area contributed by atoms with Gasteiger partial charge in [0.1, 0.15) is 0 Å². The van der Waals surface area contributed by atoms with Gasteiger partial charge in [0, 0.05) is 11.1 Å². The molecule has 24 heavy (non-hydrogen) atoms. The van der Waals surface area contributed by atoms with E-state index in [-0.39, 0.29) is 11.1 Å². The van der Waals surface area contributed by atoms with E-state index in [1.54, 1.807) is 0 Å². The molecule has 2 N–H and O–H groups in total. The number of hydrogen-bond donors (Lipinski definition) is 2. The van der Waals surface area contributed by atoms with Crippen molar-refractivity contribution in [3.05, 3.63) is 67.7 Å². The van der Waals surface area contributed by atoms with E-state index in [4.69, 9.17) is 23.2 Å². The van der Waals surface area contributed by atoms with E-state index < -0.39 is 55.8 Å². The predicted molar refractivity (Wildman–Crippen MR) is 83.7 cm³/mol. The van der Waals surface area contributed by atoms with Gasteiger partial charge in [0.2, 0.25) is 0 Å². The molecule has 0 spiro atoms. The molecule has 0 fully saturated rings. The third kappa shape index (κ3) is 2.04. The van der Waals surface area contributed by atoms with Crippen molar-refractivity contribution in [2.24, 2.45) is 0 Å². The minimum absolute atomic E-state index is 0.0485. The maximum absolute atomic E-state index is 12.6. The smallest absolute Gasteiger partial charge is 0.338 e. The molecule has 0 radical (unpaired) electrons. The Hall–Kier alpha value is -2.70. The first kappa shape index (κ1) is 16.2. The summed E-state index contributed by atoms with van der Waals surface area (Å²) in [7, 11) is 0. The molecule has 6 nitrogen and oxygen atoms in total. The molecule has 0 atom stereocenters. The number of halogens is 2. The van der Waals surface area contributed by atoms with Crippen molar-refractivity contribution in [1.29, 1.82) is 0 Å². The zero-order valence-electron chi connectivity index (χ0n) is 11.6. The maximum Gasteiger partial charge on any atom is 0.338 e. The van der Waals surface area contributed by atoms with Crippen molar-refractivity contribution in [1.82, 2.24) is 0 Å². The molecule has 2 aromatic rings. The number of hydrogen-bond acceptors (Lipinski definition) is 4. The molecule has 1 aliphatic rings. The zero-order chi connectivity index (χ0) is 17.8.